The first-order chi connectivity index (χ1) is 9.97. The molecule has 0 saturated heterocycles. The Morgan fingerprint density at radius 2 is 2.29 bits per heavy atom. The Morgan fingerprint density at radius 1 is 1.48 bits per heavy atom. The van der Waals surface area contributed by atoms with Crippen LogP contribution < -0.4 is 5.32 Å². The first kappa shape index (κ1) is 15.6. The van der Waals surface area contributed by atoms with Crippen LogP contribution in [0, 0.1) is 0 Å². The van der Waals surface area contributed by atoms with E-state index in [1.807, 2.05) is 11.6 Å². The highest BCUT2D eigenvalue weighted by Gasteiger charge is 2.27. The minimum absolute atomic E-state index is 0.0544. The van der Waals surface area contributed by atoms with E-state index < -0.39 is 12.8 Å². The summed E-state index contributed by atoms with van der Waals surface area (Å²) in [5, 5.41) is 3.08. The van der Waals surface area contributed by atoms with Crippen molar-refractivity contribution in [2.75, 3.05) is 19.8 Å². The molecule has 0 spiro atoms. The van der Waals surface area contributed by atoms with Gasteiger partial charge in [-0.1, -0.05) is 0 Å². The fraction of sp³-hybridized carbons (Fsp3) is 0.462. The van der Waals surface area contributed by atoms with Crippen molar-refractivity contribution in [3.8, 4) is 0 Å². The van der Waals surface area contributed by atoms with Crippen molar-refractivity contribution in [3.63, 3.8) is 0 Å². The molecule has 1 N–H and O–H groups in total. The molecule has 0 aliphatic carbocycles. The highest BCUT2D eigenvalue weighted by molar-refractivity contribution is 5.15. The number of imidazole rings is 1. The van der Waals surface area contributed by atoms with Gasteiger partial charge < -0.3 is 13.7 Å². The van der Waals surface area contributed by atoms with Gasteiger partial charge in [-0.2, -0.15) is 13.2 Å². The molecule has 21 heavy (non-hydrogen) atoms. The van der Waals surface area contributed by atoms with Crippen LogP contribution in [-0.2, 0) is 11.8 Å². The van der Waals surface area contributed by atoms with Crippen LogP contribution in [-0.4, -0.2) is 35.5 Å². The van der Waals surface area contributed by atoms with Gasteiger partial charge in [-0.15, -0.1) is 0 Å². The van der Waals surface area contributed by atoms with Gasteiger partial charge in [-0.3, -0.25) is 5.32 Å². The minimum atomic E-state index is -4.31. The third-order valence-electron chi connectivity index (χ3n) is 2.80. The molecule has 0 saturated carbocycles. The Balaban J connectivity index is 1.91. The molecule has 1 unspecified atom stereocenters. The van der Waals surface area contributed by atoms with E-state index in [2.05, 4.69) is 15.0 Å². The van der Waals surface area contributed by atoms with E-state index >= 15 is 0 Å². The number of nitrogens with one attached hydrogen (secondary N) is 1. The third-order valence-corrected chi connectivity index (χ3v) is 2.80. The number of furan rings is 1. The monoisotopic (exact) mass is 303 g/mol. The van der Waals surface area contributed by atoms with Crippen molar-refractivity contribution in [2.45, 2.75) is 12.2 Å². The van der Waals surface area contributed by atoms with Crippen molar-refractivity contribution in [2.24, 2.45) is 7.05 Å². The maximum absolute atomic E-state index is 12.0. The summed E-state index contributed by atoms with van der Waals surface area (Å²) in [7, 11) is 1.83. The van der Waals surface area contributed by atoms with Crippen LogP contribution in [0.15, 0.2) is 35.2 Å². The molecule has 2 heterocycles. The van der Waals surface area contributed by atoms with Crippen LogP contribution in [0.4, 0.5) is 13.2 Å². The van der Waals surface area contributed by atoms with Gasteiger partial charge in [0.05, 0.1) is 12.9 Å². The number of hydrogen-bond acceptors (Lipinski definition) is 4. The highest BCUT2D eigenvalue weighted by Crippen LogP contribution is 2.20. The normalized spacial score (nSPS) is 13.5. The number of alkyl halides is 3. The van der Waals surface area contributed by atoms with Crippen molar-refractivity contribution in [3.05, 3.63) is 42.4 Å². The van der Waals surface area contributed by atoms with Gasteiger partial charge >= 0.3 is 6.18 Å². The lowest BCUT2D eigenvalue weighted by Crippen LogP contribution is -2.29. The lowest BCUT2D eigenvalue weighted by Gasteiger charge is -2.16. The van der Waals surface area contributed by atoms with Crippen LogP contribution >= 0.6 is 0 Å². The molecule has 8 heteroatoms. The van der Waals surface area contributed by atoms with Crippen LogP contribution in [0.2, 0.25) is 0 Å². The van der Waals surface area contributed by atoms with Crippen molar-refractivity contribution in [1.29, 1.82) is 0 Å². The van der Waals surface area contributed by atoms with Gasteiger partial charge in [-0.25, -0.2) is 4.98 Å². The summed E-state index contributed by atoms with van der Waals surface area (Å²) >= 11 is 0. The van der Waals surface area contributed by atoms with Crippen LogP contribution in [0.1, 0.15) is 17.6 Å². The second-order valence-corrected chi connectivity index (χ2v) is 4.47. The summed E-state index contributed by atoms with van der Waals surface area (Å²) in [4.78, 5) is 4.23. The number of rotatable bonds is 7. The molecule has 0 bridgehead atoms. The van der Waals surface area contributed by atoms with Crippen LogP contribution in [0.3, 0.4) is 0 Å². The van der Waals surface area contributed by atoms with E-state index in [9.17, 15) is 13.2 Å². The molecule has 0 radical (unpaired) electrons. The number of aromatic nitrogens is 2. The fourth-order valence-electron chi connectivity index (χ4n) is 1.89. The van der Waals surface area contributed by atoms with Gasteiger partial charge in [0, 0.05) is 26.0 Å². The number of aryl methyl sites for hydroxylation is 1. The molecular weight excluding hydrogens is 287 g/mol. The fourth-order valence-corrected chi connectivity index (χ4v) is 1.89. The van der Waals surface area contributed by atoms with Gasteiger partial charge in [-0.05, 0) is 12.1 Å². The molecule has 0 aromatic carbocycles. The molecule has 2 aromatic heterocycles. The Kier molecular flexibility index (Phi) is 5.03. The predicted molar refractivity (Wildman–Crippen MR) is 68.6 cm³/mol. The quantitative estimate of drug-likeness (QED) is 0.797. The number of nitrogens with zero attached hydrogens (tertiary/aromatic N) is 2. The average molecular weight is 303 g/mol. The van der Waals surface area contributed by atoms with Crippen molar-refractivity contribution < 1.29 is 22.3 Å². The maximum Gasteiger partial charge on any atom is 0.411 e. The zero-order valence-corrected chi connectivity index (χ0v) is 11.4. The molecule has 2 rings (SSSR count). The summed E-state index contributed by atoms with van der Waals surface area (Å²) < 4.78 is 47.6. The van der Waals surface area contributed by atoms with Crippen LogP contribution in [0.5, 0.6) is 0 Å². The summed E-state index contributed by atoms with van der Waals surface area (Å²) in [6.07, 6.45) is 0.660. The second-order valence-electron chi connectivity index (χ2n) is 4.47. The first-order valence-electron chi connectivity index (χ1n) is 6.36. The SMILES string of the molecule is Cn1ccnc1C(NCCOCC(F)(F)F)c1ccco1. The molecule has 0 aliphatic heterocycles. The summed E-state index contributed by atoms with van der Waals surface area (Å²) in [6.45, 7) is -1.06. The molecule has 0 amide bonds. The molecule has 5 nitrogen and oxygen atoms in total. The zero-order chi connectivity index (χ0) is 15.3. The van der Waals surface area contributed by atoms with E-state index in [0.29, 0.717) is 11.6 Å². The van der Waals surface area contributed by atoms with E-state index in [-0.39, 0.29) is 19.2 Å². The van der Waals surface area contributed by atoms with Crippen molar-refractivity contribution >= 4 is 0 Å². The second kappa shape index (κ2) is 6.77. The molecule has 1 atom stereocenters. The Bertz CT molecular complexity index is 537. The minimum Gasteiger partial charge on any atom is -0.467 e. The third kappa shape index (κ3) is 4.61. The molecule has 116 valence electrons. The summed E-state index contributed by atoms with van der Waals surface area (Å²) in [5.41, 5.74) is 0. The molecule has 0 aliphatic rings. The number of ether oxygens (including phenoxy) is 1. The Hall–Kier alpha value is -1.80. The van der Waals surface area contributed by atoms with E-state index in [0.717, 1.165) is 0 Å². The number of hydrogen-bond donors (Lipinski definition) is 1. The van der Waals surface area contributed by atoms with E-state index in [1.165, 1.54) is 6.26 Å². The molecule has 2 aromatic rings. The van der Waals surface area contributed by atoms with Gasteiger partial charge in [0.25, 0.3) is 0 Å². The molecule has 0 fully saturated rings. The standard InChI is InChI=1S/C13H16F3N3O2/c1-19-6-4-18-12(19)11(10-3-2-7-21-10)17-5-8-20-9-13(14,15)16/h2-4,6-7,11,17H,5,8-9H2,1H3. The Morgan fingerprint density at radius 3 is 2.86 bits per heavy atom. The van der Waals surface area contributed by atoms with Crippen LogP contribution in [0.25, 0.3) is 0 Å². The smallest absolute Gasteiger partial charge is 0.411 e. The van der Waals surface area contributed by atoms with E-state index in [4.69, 9.17) is 4.42 Å². The highest BCUT2D eigenvalue weighted by atomic mass is 19.4. The zero-order valence-electron chi connectivity index (χ0n) is 11.4. The largest absolute Gasteiger partial charge is 0.467 e. The van der Waals surface area contributed by atoms with Gasteiger partial charge in [0.1, 0.15) is 24.2 Å². The number of halogens is 3. The molecular formula is C13H16F3N3O2. The predicted octanol–water partition coefficient (Wildman–Crippen LogP) is 2.27. The lowest BCUT2D eigenvalue weighted by molar-refractivity contribution is -0.173. The summed E-state index contributed by atoms with van der Waals surface area (Å²) in [6, 6.07) is 3.19. The van der Waals surface area contributed by atoms with Crippen molar-refractivity contribution in [1.82, 2.24) is 14.9 Å². The topological polar surface area (TPSA) is 52.2 Å². The maximum atomic E-state index is 12.0. The van der Waals surface area contributed by atoms with E-state index in [1.54, 1.807) is 24.5 Å². The van der Waals surface area contributed by atoms with Gasteiger partial charge in [0.2, 0.25) is 0 Å². The lowest BCUT2D eigenvalue weighted by atomic mass is 10.2. The first-order valence-corrected chi connectivity index (χ1v) is 6.36. The Labute approximate surface area is 119 Å². The van der Waals surface area contributed by atoms with Gasteiger partial charge in [0.15, 0.2) is 0 Å². The average Bonchev–Trinajstić information content (AvgIpc) is 3.04. The summed E-state index contributed by atoms with van der Waals surface area (Å²) in [5.74, 6) is 1.35.